The van der Waals surface area contributed by atoms with Crippen molar-refractivity contribution in [3.63, 3.8) is 0 Å². The molecule has 2 heterocycles. The molecule has 0 aliphatic heterocycles. The second-order valence-corrected chi connectivity index (χ2v) is 3.29. The Labute approximate surface area is 91.8 Å². The SMILES string of the molecule is COC(=O)c1nc(-c2ccn(C)n2)oc1C. The first-order chi connectivity index (χ1) is 7.61. The highest BCUT2D eigenvalue weighted by molar-refractivity contribution is 5.88. The molecule has 0 N–H and O–H groups in total. The van der Waals surface area contributed by atoms with E-state index in [4.69, 9.17) is 4.42 Å². The number of carbonyl (C=O) groups is 1. The molecule has 0 unspecified atom stereocenters. The summed E-state index contributed by atoms with van der Waals surface area (Å²) in [5.74, 6) is 0.231. The molecule has 2 rings (SSSR count). The quantitative estimate of drug-likeness (QED) is 0.712. The molecule has 2 aromatic rings. The number of methoxy groups -OCH3 is 1. The smallest absolute Gasteiger partial charge is 0.360 e. The van der Waals surface area contributed by atoms with Gasteiger partial charge in [0.25, 0.3) is 0 Å². The Balaban J connectivity index is 2.41. The van der Waals surface area contributed by atoms with Gasteiger partial charge in [-0.15, -0.1) is 0 Å². The summed E-state index contributed by atoms with van der Waals surface area (Å²) in [5, 5.41) is 4.13. The van der Waals surface area contributed by atoms with Crippen LogP contribution >= 0.6 is 0 Å². The zero-order chi connectivity index (χ0) is 11.7. The van der Waals surface area contributed by atoms with Crippen molar-refractivity contribution in [2.45, 2.75) is 6.92 Å². The predicted octanol–water partition coefficient (Wildman–Crippen LogP) is 1.17. The minimum atomic E-state index is -0.511. The zero-order valence-corrected chi connectivity index (χ0v) is 9.22. The van der Waals surface area contributed by atoms with Crippen LogP contribution in [0.1, 0.15) is 16.2 Å². The number of nitrogens with zero attached hydrogens (tertiary/aromatic N) is 3. The summed E-state index contributed by atoms with van der Waals surface area (Å²) < 4.78 is 11.6. The van der Waals surface area contributed by atoms with Gasteiger partial charge in [-0.2, -0.15) is 5.10 Å². The average molecular weight is 221 g/mol. The van der Waals surface area contributed by atoms with Crippen molar-refractivity contribution in [1.29, 1.82) is 0 Å². The van der Waals surface area contributed by atoms with Gasteiger partial charge in [0, 0.05) is 13.2 Å². The largest absolute Gasteiger partial charge is 0.464 e. The lowest BCUT2D eigenvalue weighted by Crippen LogP contribution is -2.03. The average Bonchev–Trinajstić information content (AvgIpc) is 2.83. The maximum absolute atomic E-state index is 11.3. The molecule has 16 heavy (non-hydrogen) atoms. The number of esters is 1. The van der Waals surface area contributed by atoms with Crippen LogP contribution < -0.4 is 0 Å². The van der Waals surface area contributed by atoms with Gasteiger partial charge < -0.3 is 9.15 Å². The van der Waals surface area contributed by atoms with Gasteiger partial charge in [0.1, 0.15) is 11.5 Å². The monoisotopic (exact) mass is 221 g/mol. The summed E-state index contributed by atoms with van der Waals surface area (Å²) >= 11 is 0. The molecule has 2 aromatic heterocycles. The fourth-order valence-electron chi connectivity index (χ4n) is 1.32. The van der Waals surface area contributed by atoms with Crippen LogP contribution in [0.4, 0.5) is 0 Å². The molecule has 6 heteroatoms. The molecule has 0 amide bonds. The number of hydrogen-bond acceptors (Lipinski definition) is 5. The number of aromatic nitrogens is 3. The van der Waals surface area contributed by atoms with Crippen molar-refractivity contribution in [3.05, 3.63) is 23.7 Å². The van der Waals surface area contributed by atoms with Crippen molar-refractivity contribution in [1.82, 2.24) is 14.8 Å². The van der Waals surface area contributed by atoms with E-state index in [-0.39, 0.29) is 5.69 Å². The molecule has 0 fully saturated rings. The number of aryl methyl sites for hydroxylation is 2. The second-order valence-electron chi connectivity index (χ2n) is 3.29. The lowest BCUT2D eigenvalue weighted by molar-refractivity contribution is 0.0593. The Kier molecular flexibility index (Phi) is 2.47. The molecule has 0 bridgehead atoms. The van der Waals surface area contributed by atoms with E-state index in [1.807, 2.05) is 0 Å². The molecular weight excluding hydrogens is 210 g/mol. The predicted molar refractivity (Wildman–Crippen MR) is 54.8 cm³/mol. The standard InChI is InChI=1S/C10H11N3O3/c1-6-8(10(14)15-3)11-9(16-6)7-4-5-13(2)12-7/h4-5H,1-3H3. The summed E-state index contributed by atoms with van der Waals surface area (Å²) in [6.45, 7) is 1.66. The molecule has 84 valence electrons. The number of ether oxygens (including phenoxy) is 1. The van der Waals surface area contributed by atoms with E-state index in [1.165, 1.54) is 7.11 Å². The summed E-state index contributed by atoms with van der Waals surface area (Å²) in [5.41, 5.74) is 0.768. The molecule has 0 aliphatic carbocycles. The van der Waals surface area contributed by atoms with Crippen LogP contribution in [0, 0.1) is 6.92 Å². The zero-order valence-electron chi connectivity index (χ0n) is 9.22. The van der Waals surface area contributed by atoms with E-state index < -0.39 is 5.97 Å². The molecule has 0 atom stereocenters. The molecule has 0 spiro atoms. The van der Waals surface area contributed by atoms with Gasteiger partial charge in [-0.05, 0) is 13.0 Å². The third kappa shape index (κ3) is 1.69. The first-order valence-electron chi connectivity index (χ1n) is 4.67. The number of rotatable bonds is 2. The highest BCUT2D eigenvalue weighted by Gasteiger charge is 2.19. The van der Waals surface area contributed by atoms with Crippen LogP contribution in [0.25, 0.3) is 11.6 Å². The van der Waals surface area contributed by atoms with Crippen LogP contribution in [0.15, 0.2) is 16.7 Å². The van der Waals surface area contributed by atoms with Crippen LogP contribution in [-0.4, -0.2) is 27.8 Å². The van der Waals surface area contributed by atoms with E-state index in [0.717, 1.165) is 0 Å². The number of oxazole rings is 1. The van der Waals surface area contributed by atoms with Crippen molar-refractivity contribution in [3.8, 4) is 11.6 Å². The molecular formula is C10H11N3O3. The van der Waals surface area contributed by atoms with E-state index in [1.54, 1.807) is 30.9 Å². The summed E-state index contributed by atoms with van der Waals surface area (Å²) in [7, 11) is 3.09. The fourth-order valence-corrected chi connectivity index (χ4v) is 1.32. The van der Waals surface area contributed by atoms with Gasteiger partial charge in [-0.3, -0.25) is 4.68 Å². The molecule has 0 saturated heterocycles. The van der Waals surface area contributed by atoms with Crippen LogP contribution in [-0.2, 0) is 11.8 Å². The maximum Gasteiger partial charge on any atom is 0.360 e. The Morgan fingerprint density at radius 3 is 2.88 bits per heavy atom. The highest BCUT2D eigenvalue weighted by atomic mass is 16.5. The summed E-state index contributed by atoms with van der Waals surface area (Å²) in [4.78, 5) is 15.4. The molecule has 0 radical (unpaired) electrons. The van der Waals surface area contributed by atoms with Gasteiger partial charge in [0.15, 0.2) is 5.69 Å². The van der Waals surface area contributed by atoms with Crippen LogP contribution in [0.5, 0.6) is 0 Å². The highest BCUT2D eigenvalue weighted by Crippen LogP contribution is 2.20. The number of hydrogen-bond donors (Lipinski definition) is 0. The molecule has 6 nitrogen and oxygen atoms in total. The third-order valence-electron chi connectivity index (χ3n) is 2.11. The third-order valence-corrected chi connectivity index (χ3v) is 2.11. The first kappa shape index (κ1) is 10.4. The van der Waals surface area contributed by atoms with E-state index in [0.29, 0.717) is 17.3 Å². The fraction of sp³-hybridized carbons (Fsp3) is 0.300. The van der Waals surface area contributed by atoms with Crippen LogP contribution in [0.3, 0.4) is 0 Å². The lowest BCUT2D eigenvalue weighted by Gasteiger charge is -1.91. The Morgan fingerprint density at radius 2 is 2.31 bits per heavy atom. The van der Waals surface area contributed by atoms with Gasteiger partial charge in [0.2, 0.25) is 5.89 Å². The summed E-state index contributed by atoms with van der Waals surface area (Å²) in [6.07, 6.45) is 1.77. The van der Waals surface area contributed by atoms with E-state index in [9.17, 15) is 4.79 Å². The van der Waals surface area contributed by atoms with Crippen LogP contribution in [0.2, 0.25) is 0 Å². The van der Waals surface area contributed by atoms with Gasteiger partial charge in [-0.25, -0.2) is 9.78 Å². The first-order valence-corrected chi connectivity index (χ1v) is 4.67. The minimum Gasteiger partial charge on any atom is -0.464 e. The van der Waals surface area contributed by atoms with Crippen molar-refractivity contribution < 1.29 is 13.9 Å². The topological polar surface area (TPSA) is 70.2 Å². The van der Waals surface area contributed by atoms with Gasteiger partial charge in [0.05, 0.1) is 7.11 Å². The maximum atomic E-state index is 11.3. The molecule has 0 aromatic carbocycles. The Bertz CT molecular complexity index is 527. The van der Waals surface area contributed by atoms with Gasteiger partial charge >= 0.3 is 5.97 Å². The normalized spacial score (nSPS) is 10.4. The molecule has 0 aliphatic rings. The molecule has 0 saturated carbocycles. The van der Waals surface area contributed by atoms with Crippen molar-refractivity contribution in [2.24, 2.45) is 7.05 Å². The minimum absolute atomic E-state index is 0.183. The van der Waals surface area contributed by atoms with E-state index >= 15 is 0 Å². The number of carbonyl (C=O) groups excluding carboxylic acids is 1. The Morgan fingerprint density at radius 1 is 1.56 bits per heavy atom. The summed E-state index contributed by atoms with van der Waals surface area (Å²) in [6, 6.07) is 1.76. The Hall–Kier alpha value is -2.11. The van der Waals surface area contributed by atoms with E-state index in [2.05, 4.69) is 14.8 Å². The van der Waals surface area contributed by atoms with Crippen molar-refractivity contribution >= 4 is 5.97 Å². The second kappa shape index (κ2) is 3.80. The lowest BCUT2D eigenvalue weighted by atomic mass is 10.4. The van der Waals surface area contributed by atoms with Gasteiger partial charge in [-0.1, -0.05) is 0 Å². The van der Waals surface area contributed by atoms with Crippen molar-refractivity contribution in [2.75, 3.05) is 7.11 Å².